The van der Waals surface area contributed by atoms with E-state index in [2.05, 4.69) is 28.2 Å². The van der Waals surface area contributed by atoms with Gasteiger partial charge in [-0.05, 0) is 44.5 Å². The Morgan fingerprint density at radius 1 is 1.47 bits per heavy atom. The summed E-state index contributed by atoms with van der Waals surface area (Å²) in [5.74, 6) is 0. The lowest BCUT2D eigenvalue weighted by molar-refractivity contribution is -0.0643. The van der Waals surface area contributed by atoms with E-state index in [1.54, 1.807) is 0 Å². The Hall–Kier alpha value is -0.970. The van der Waals surface area contributed by atoms with Crippen molar-refractivity contribution in [2.75, 3.05) is 26.7 Å². The van der Waals surface area contributed by atoms with Gasteiger partial charge in [0, 0.05) is 25.0 Å². The van der Waals surface area contributed by atoms with Crippen molar-refractivity contribution in [2.45, 2.75) is 38.0 Å². The minimum absolute atomic E-state index is 0.225. The van der Waals surface area contributed by atoms with Crippen LogP contribution in [0.4, 0.5) is 0 Å². The van der Waals surface area contributed by atoms with Gasteiger partial charge in [-0.25, -0.2) is 0 Å². The number of morpholine rings is 1. The van der Waals surface area contributed by atoms with Crippen LogP contribution in [0.1, 0.15) is 30.0 Å². The Balaban J connectivity index is 1.75. The first-order valence-electron chi connectivity index (χ1n) is 7.22. The van der Waals surface area contributed by atoms with Crippen molar-refractivity contribution in [3.05, 3.63) is 29.6 Å². The summed E-state index contributed by atoms with van der Waals surface area (Å²) in [6.07, 6.45) is 6.69. The smallest absolute Gasteiger partial charge is 0.0897 e. The van der Waals surface area contributed by atoms with Crippen LogP contribution in [0.5, 0.6) is 0 Å². The molecule has 0 aliphatic carbocycles. The van der Waals surface area contributed by atoms with E-state index in [9.17, 15) is 0 Å². The van der Waals surface area contributed by atoms with E-state index < -0.39 is 0 Å². The second-order valence-corrected chi connectivity index (χ2v) is 5.72. The van der Waals surface area contributed by atoms with Crippen LogP contribution in [0, 0.1) is 6.92 Å². The number of ether oxygens (including phenoxy) is 1. The molecule has 0 saturated carbocycles. The monoisotopic (exact) mass is 261 g/mol. The number of aromatic nitrogens is 1. The molecule has 3 unspecified atom stereocenters. The topological polar surface area (TPSA) is 37.4 Å². The highest BCUT2D eigenvalue weighted by molar-refractivity contribution is 5.21. The molecule has 3 rings (SSSR count). The summed E-state index contributed by atoms with van der Waals surface area (Å²) in [4.78, 5) is 6.89. The molecular formula is C15H23N3O. The molecule has 0 aromatic carbocycles. The summed E-state index contributed by atoms with van der Waals surface area (Å²) < 4.78 is 6.11. The van der Waals surface area contributed by atoms with Gasteiger partial charge in [0.2, 0.25) is 0 Å². The number of nitrogens with zero attached hydrogens (tertiary/aromatic N) is 2. The normalized spacial score (nSPS) is 29.2. The molecule has 0 bridgehead atoms. The number of pyridine rings is 1. The van der Waals surface area contributed by atoms with E-state index in [0.29, 0.717) is 6.04 Å². The first-order chi connectivity index (χ1) is 9.28. The second kappa shape index (κ2) is 5.57. The lowest BCUT2D eigenvalue weighted by Gasteiger charge is -2.38. The quantitative estimate of drug-likeness (QED) is 0.895. The second-order valence-electron chi connectivity index (χ2n) is 5.72. The highest BCUT2D eigenvalue weighted by Gasteiger charge is 2.35. The predicted molar refractivity (Wildman–Crippen MR) is 75.1 cm³/mol. The maximum atomic E-state index is 6.11. The standard InChI is InChI=1S/C15H23N3O/c1-11-6-12(8-17-7-11)15(16-2)14-9-18-5-3-4-13(18)10-19-14/h6-8,13-16H,3-5,9-10H2,1-2H3. The summed E-state index contributed by atoms with van der Waals surface area (Å²) in [5, 5.41) is 3.40. The van der Waals surface area contributed by atoms with Gasteiger partial charge in [-0.1, -0.05) is 6.07 Å². The van der Waals surface area contributed by atoms with Gasteiger partial charge in [0.1, 0.15) is 0 Å². The zero-order chi connectivity index (χ0) is 13.2. The molecule has 2 fully saturated rings. The maximum absolute atomic E-state index is 6.11. The third-order valence-electron chi connectivity index (χ3n) is 4.35. The number of fused-ring (bicyclic) bond motifs is 1. The Morgan fingerprint density at radius 3 is 3.16 bits per heavy atom. The van der Waals surface area contributed by atoms with E-state index in [0.717, 1.165) is 13.2 Å². The van der Waals surface area contributed by atoms with Crippen LogP contribution in [0.2, 0.25) is 0 Å². The van der Waals surface area contributed by atoms with E-state index in [1.165, 1.54) is 30.5 Å². The molecule has 0 amide bonds. The first kappa shape index (κ1) is 13.0. The molecule has 2 saturated heterocycles. The van der Waals surface area contributed by atoms with Gasteiger partial charge in [-0.15, -0.1) is 0 Å². The van der Waals surface area contributed by atoms with Gasteiger partial charge in [0.25, 0.3) is 0 Å². The predicted octanol–water partition coefficient (Wildman–Crippen LogP) is 1.51. The minimum Gasteiger partial charge on any atom is -0.373 e. The summed E-state index contributed by atoms with van der Waals surface area (Å²) in [7, 11) is 2.01. The Morgan fingerprint density at radius 2 is 2.37 bits per heavy atom. The van der Waals surface area contributed by atoms with Gasteiger partial charge < -0.3 is 10.1 Å². The van der Waals surface area contributed by atoms with Crippen molar-refractivity contribution < 1.29 is 4.74 Å². The molecule has 1 aromatic heterocycles. The lowest BCUT2D eigenvalue weighted by Crippen LogP contribution is -2.50. The number of aryl methyl sites for hydroxylation is 1. The molecular weight excluding hydrogens is 238 g/mol. The Kier molecular flexibility index (Phi) is 3.82. The molecule has 4 heteroatoms. The third-order valence-corrected chi connectivity index (χ3v) is 4.35. The molecule has 2 aliphatic heterocycles. The molecule has 0 spiro atoms. The first-order valence-corrected chi connectivity index (χ1v) is 7.22. The van der Waals surface area contributed by atoms with E-state index in [1.807, 2.05) is 19.4 Å². The van der Waals surface area contributed by atoms with E-state index in [-0.39, 0.29) is 12.1 Å². The Bertz CT molecular complexity index is 437. The highest BCUT2D eigenvalue weighted by Crippen LogP contribution is 2.28. The molecule has 0 radical (unpaired) electrons. The molecule has 104 valence electrons. The maximum Gasteiger partial charge on any atom is 0.0897 e. The van der Waals surface area contributed by atoms with Crippen LogP contribution in [0.25, 0.3) is 0 Å². The van der Waals surface area contributed by atoms with Crippen LogP contribution in [-0.2, 0) is 4.74 Å². The number of likely N-dealkylation sites (N-methyl/N-ethyl adjacent to an activating group) is 1. The molecule has 3 atom stereocenters. The van der Waals surface area contributed by atoms with Gasteiger partial charge in [0.05, 0.1) is 18.8 Å². The number of rotatable bonds is 3. The van der Waals surface area contributed by atoms with Crippen molar-refractivity contribution in [3.8, 4) is 0 Å². The molecule has 1 N–H and O–H groups in total. The minimum atomic E-state index is 0.225. The van der Waals surface area contributed by atoms with Crippen LogP contribution in [0.15, 0.2) is 18.5 Å². The van der Waals surface area contributed by atoms with Crippen LogP contribution < -0.4 is 5.32 Å². The fourth-order valence-electron chi connectivity index (χ4n) is 3.36. The number of nitrogens with one attached hydrogen (secondary N) is 1. The third kappa shape index (κ3) is 2.66. The average Bonchev–Trinajstić information content (AvgIpc) is 2.87. The van der Waals surface area contributed by atoms with Crippen molar-refractivity contribution in [1.82, 2.24) is 15.2 Å². The zero-order valence-electron chi connectivity index (χ0n) is 11.8. The molecule has 1 aromatic rings. The van der Waals surface area contributed by atoms with Crippen molar-refractivity contribution in [3.63, 3.8) is 0 Å². The fraction of sp³-hybridized carbons (Fsp3) is 0.667. The Labute approximate surface area is 115 Å². The zero-order valence-corrected chi connectivity index (χ0v) is 11.8. The van der Waals surface area contributed by atoms with E-state index in [4.69, 9.17) is 4.74 Å². The van der Waals surface area contributed by atoms with Crippen molar-refractivity contribution in [2.24, 2.45) is 0 Å². The lowest BCUT2D eigenvalue weighted by atomic mass is 10.00. The van der Waals surface area contributed by atoms with Crippen LogP contribution in [-0.4, -0.2) is 48.8 Å². The summed E-state index contributed by atoms with van der Waals surface area (Å²) in [6.45, 7) is 5.22. The highest BCUT2D eigenvalue weighted by atomic mass is 16.5. The average molecular weight is 261 g/mol. The van der Waals surface area contributed by atoms with E-state index >= 15 is 0 Å². The number of hydrogen-bond donors (Lipinski definition) is 1. The van der Waals surface area contributed by atoms with Gasteiger partial charge in [0.15, 0.2) is 0 Å². The van der Waals surface area contributed by atoms with Crippen LogP contribution in [0.3, 0.4) is 0 Å². The van der Waals surface area contributed by atoms with Gasteiger partial charge in [-0.3, -0.25) is 9.88 Å². The van der Waals surface area contributed by atoms with Crippen LogP contribution >= 0.6 is 0 Å². The van der Waals surface area contributed by atoms with Gasteiger partial charge in [-0.2, -0.15) is 0 Å². The molecule has 2 aliphatic rings. The summed E-state index contributed by atoms with van der Waals surface area (Å²) in [5.41, 5.74) is 2.43. The SMILES string of the molecule is CNC(c1cncc(C)c1)C1CN2CCCC2CO1. The fourth-order valence-corrected chi connectivity index (χ4v) is 3.36. The van der Waals surface area contributed by atoms with Crippen molar-refractivity contribution >= 4 is 0 Å². The summed E-state index contributed by atoms with van der Waals surface area (Å²) in [6, 6.07) is 3.09. The molecule has 19 heavy (non-hydrogen) atoms. The number of hydrogen-bond acceptors (Lipinski definition) is 4. The molecule has 4 nitrogen and oxygen atoms in total. The van der Waals surface area contributed by atoms with Crippen molar-refractivity contribution in [1.29, 1.82) is 0 Å². The molecule has 3 heterocycles. The summed E-state index contributed by atoms with van der Waals surface area (Å²) >= 11 is 0. The van der Waals surface area contributed by atoms with Gasteiger partial charge >= 0.3 is 0 Å². The largest absolute Gasteiger partial charge is 0.373 e.